The van der Waals surface area contributed by atoms with E-state index in [-0.39, 0.29) is 6.23 Å². The third-order valence-electron chi connectivity index (χ3n) is 3.05. The molecule has 0 radical (unpaired) electrons. The maximum absolute atomic E-state index is 8.93. The molecule has 18 heavy (non-hydrogen) atoms. The van der Waals surface area contributed by atoms with Gasteiger partial charge in [-0.1, -0.05) is 0 Å². The van der Waals surface area contributed by atoms with Crippen molar-refractivity contribution in [3.63, 3.8) is 0 Å². The van der Waals surface area contributed by atoms with Crippen LogP contribution in [0.3, 0.4) is 0 Å². The second-order valence-electron chi connectivity index (χ2n) is 4.24. The summed E-state index contributed by atoms with van der Waals surface area (Å²) >= 11 is 2.19. The topological polar surface area (TPSA) is 63.7 Å². The van der Waals surface area contributed by atoms with E-state index in [9.17, 15) is 0 Å². The molecule has 2 aromatic rings. The molecule has 5 nitrogen and oxygen atoms in total. The number of nitrogens with zero attached hydrogens (tertiary/aromatic N) is 4. The Hall–Kier alpha value is -1.20. The molecule has 3 rings (SSSR count). The van der Waals surface area contributed by atoms with Crippen molar-refractivity contribution < 1.29 is 4.74 Å². The first-order valence-electron chi connectivity index (χ1n) is 5.86. The summed E-state index contributed by atoms with van der Waals surface area (Å²) in [6.07, 6.45) is 3.14. The van der Waals surface area contributed by atoms with Crippen LogP contribution < -0.4 is 0 Å². The molecule has 0 spiro atoms. The minimum absolute atomic E-state index is 0.0498. The van der Waals surface area contributed by atoms with Crippen LogP contribution in [0.4, 0.5) is 0 Å². The van der Waals surface area contributed by atoms with Gasteiger partial charge in [-0.25, -0.2) is 9.67 Å². The van der Waals surface area contributed by atoms with Crippen LogP contribution >= 0.6 is 22.6 Å². The Labute approximate surface area is 118 Å². The molecule has 0 amide bonds. The molecule has 1 aliphatic rings. The smallest absolute Gasteiger partial charge is 0.163 e. The minimum Gasteiger partial charge on any atom is -0.356 e. The number of hydrogen-bond acceptors (Lipinski definition) is 4. The maximum atomic E-state index is 8.93. The van der Waals surface area contributed by atoms with Gasteiger partial charge in [-0.2, -0.15) is 10.4 Å². The number of aromatic nitrogens is 3. The fraction of sp³-hybridized carbons (Fsp3) is 0.417. The molecule has 1 atom stereocenters. The predicted octanol–water partition coefficient (Wildman–Crippen LogP) is 2.61. The largest absolute Gasteiger partial charge is 0.356 e. The summed E-state index contributed by atoms with van der Waals surface area (Å²) in [6.45, 7) is 0.764. The Bertz CT molecular complexity index is 625. The number of pyridine rings is 1. The Balaban J connectivity index is 2.13. The van der Waals surface area contributed by atoms with Crippen molar-refractivity contribution in [1.29, 1.82) is 5.26 Å². The van der Waals surface area contributed by atoms with Crippen molar-refractivity contribution in [3.05, 3.63) is 21.5 Å². The molecule has 0 aliphatic carbocycles. The molecular formula is C12H11IN4O. The Morgan fingerprint density at radius 1 is 1.44 bits per heavy atom. The van der Waals surface area contributed by atoms with Gasteiger partial charge in [0.2, 0.25) is 0 Å². The predicted molar refractivity (Wildman–Crippen MR) is 73.8 cm³/mol. The van der Waals surface area contributed by atoms with Crippen molar-refractivity contribution in [2.75, 3.05) is 6.61 Å². The summed E-state index contributed by atoms with van der Waals surface area (Å²) in [7, 11) is 0. The van der Waals surface area contributed by atoms with Crippen LogP contribution in [0.25, 0.3) is 11.0 Å². The first-order chi connectivity index (χ1) is 8.79. The lowest BCUT2D eigenvalue weighted by atomic mass is 10.2. The Morgan fingerprint density at radius 2 is 2.33 bits per heavy atom. The molecule has 0 saturated carbocycles. The van der Waals surface area contributed by atoms with Crippen molar-refractivity contribution in [2.45, 2.75) is 25.5 Å². The van der Waals surface area contributed by atoms with Crippen molar-refractivity contribution in [3.8, 4) is 6.07 Å². The molecule has 0 N–H and O–H groups in total. The van der Waals surface area contributed by atoms with E-state index in [0.29, 0.717) is 5.69 Å². The van der Waals surface area contributed by atoms with Crippen LogP contribution in [-0.4, -0.2) is 21.4 Å². The average Bonchev–Trinajstić information content (AvgIpc) is 2.76. The summed E-state index contributed by atoms with van der Waals surface area (Å²) in [4.78, 5) is 4.34. The molecule has 0 bridgehead atoms. The number of rotatable bonds is 1. The summed E-state index contributed by atoms with van der Waals surface area (Å²) in [5.41, 5.74) is 1.15. The molecule has 1 saturated heterocycles. The summed E-state index contributed by atoms with van der Waals surface area (Å²) < 4.78 is 8.45. The first-order valence-corrected chi connectivity index (χ1v) is 6.94. The molecule has 92 valence electrons. The zero-order valence-electron chi connectivity index (χ0n) is 9.64. The highest BCUT2D eigenvalue weighted by Crippen LogP contribution is 2.27. The zero-order chi connectivity index (χ0) is 12.5. The molecule has 1 aliphatic heterocycles. The zero-order valence-corrected chi connectivity index (χ0v) is 11.8. The molecule has 3 heterocycles. The average molecular weight is 354 g/mol. The maximum Gasteiger partial charge on any atom is 0.163 e. The summed E-state index contributed by atoms with van der Waals surface area (Å²) in [5.74, 6) is 0. The van der Waals surface area contributed by atoms with Gasteiger partial charge in [0.25, 0.3) is 0 Å². The van der Waals surface area contributed by atoms with Crippen molar-refractivity contribution in [2.24, 2.45) is 0 Å². The van der Waals surface area contributed by atoms with Crippen LogP contribution in [0, 0.1) is 15.0 Å². The number of nitriles is 1. The highest BCUT2D eigenvalue weighted by Gasteiger charge is 2.21. The molecule has 1 fully saturated rings. The van der Waals surface area contributed by atoms with Crippen LogP contribution in [0.5, 0.6) is 0 Å². The van der Waals surface area contributed by atoms with Gasteiger partial charge in [0.1, 0.15) is 15.5 Å². The van der Waals surface area contributed by atoms with Gasteiger partial charge >= 0.3 is 0 Å². The lowest BCUT2D eigenvalue weighted by Gasteiger charge is -2.22. The van der Waals surface area contributed by atoms with Crippen molar-refractivity contribution >= 4 is 33.6 Å². The molecule has 6 heteroatoms. The standard InChI is InChI=1S/C12H11IN4O/c13-11-9-5-4-8(7-14)15-12(9)17(16-11)10-3-1-2-6-18-10/h4-5,10H,1-3,6H2. The SMILES string of the molecule is N#Cc1ccc2c(I)nn(C3CCCCO3)c2n1. The molecule has 2 aromatic heterocycles. The number of hydrogen-bond donors (Lipinski definition) is 0. The van der Waals surface area contributed by atoms with Crippen LogP contribution in [0.15, 0.2) is 12.1 Å². The van der Waals surface area contributed by atoms with Gasteiger partial charge in [-0.3, -0.25) is 0 Å². The van der Waals surface area contributed by atoms with E-state index in [1.54, 1.807) is 6.07 Å². The van der Waals surface area contributed by atoms with Gasteiger partial charge in [-0.05, 0) is 54.0 Å². The van der Waals surface area contributed by atoms with Crippen molar-refractivity contribution in [1.82, 2.24) is 14.8 Å². The van der Waals surface area contributed by atoms with Crippen LogP contribution in [0.2, 0.25) is 0 Å². The molecule has 0 aromatic carbocycles. The van der Waals surface area contributed by atoms with E-state index in [0.717, 1.165) is 40.6 Å². The van der Waals surface area contributed by atoms with E-state index in [1.807, 2.05) is 10.7 Å². The van der Waals surface area contributed by atoms with E-state index in [4.69, 9.17) is 10.00 Å². The third kappa shape index (κ3) is 1.97. The number of fused-ring (bicyclic) bond motifs is 1. The van der Waals surface area contributed by atoms with Crippen LogP contribution in [0.1, 0.15) is 31.2 Å². The quantitative estimate of drug-likeness (QED) is 0.739. The van der Waals surface area contributed by atoms with E-state index in [2.05, 4.69) is 38.7 Å². The highest BCUT2D eigenvalue weighted by atomic mass is 127. The molecular weight excluding hydrogens is 343 g/mol. The lowest BCUT2D eigenvalue weighted by Crippen LogP contribution is -2.19. The van der Waals surface area contributed by atoms with E-state index >= 15 is 0 Å². The third-order valence-corrected chi connectivity index (χ3v) is 3.85. The van der Waals surface area contributed by atoms with Gasteiger partial charge < -0.3 is 4.74 Å². The van der Waals surface area contributed by atoms with Gasteiger partial charge in [0.05, 0.1) is 5.39 Å². The van der Waals surface area contributed by atoms with E-state index < -0.39 is 0 Å². The monoisotopic (exact) mass is 354 g/mol. The van der Waals surface area contributed by atoms with E-state index in [1.165, 1.54) is 0 Å². The molecule has 1 unspecified atom stereocenters. The normalized spacial score (nSPS) is 19.9. The van der Waals surface area contributed by atoms with Gasteiger partial charge in [0.15, 0.2) is 11.9 Å². The number of halogens is 1. The first kappa shape index (κ1) is 11.9. The second kappa shape index (κ2) is 4.82. The van der Waals surface area contributed by atoms with Gasteiger partial charge in [0, 0.05) is 6.61 Å². The lowest BCUT2D eigenvalue weighted by molar-refractivity contribution is -0.0372. The Kier molecular flexibility index (Phi) is 3.18. The summed E-state index contributed by atoms with van der Waals surface area (Å²) in [6, 6.07) is 5.68. The number of ether oxygens (including phenoxy) is 1. The van der Waals surface area contributed by atoms with Gasteiger partial charge in [-0.15, -0.1) is 0 Å². The highest BCUT2D eigenvalue weighted by molar-refractivity contribution is 14.1. The fourth-order valence-corrected chi connectivity index (χ4v) is 2.81. The fourth-order valence-electron chi connectivity index (χ4n) is 2.16. The minimum atomic E-state index is -0.0498. The Morgan fingerprint density at radius 3 is 3.06 bits per heavy atom. The summed E-state index contributed by atoms with van der Waals surface area (Å²) in [5, 5.41) is 14.4. The second-order valence-corrected chi connectivity index (χ2v) is 5.26. The van der Waals surface area contributed by atoms with Crippen LogP contribution in [-0.2, 0) is 4.74 Å².